The molecule has 0 saturated carbocycles. The van der Waals surface area contributed by atoms with Crippen LogP contribution in [0.4, 0.5) is 18.9 Å². The fourth-order valence-electron chi connectivity index (χ4n) is 2.51. The predicted molar refractivity (Wildman–Crippen MR) is 109 cm³/mol. The SMILES string of the molecule is CCCOc1ccc(C(F)(F)F)cc1NC(=O)/C=C/c1ccc(OCC#N)c(OC)c1. The number of amides is 1. The fraction of sp³-hybridized carbons (Fsp3) is 0.273. The number of ether oxygens (including phenoxy) is 3. The number of nitrogens with one attached hydrogen (secondary N) is 1. The fourth-order valence-corrected chi connectivity index (χ4v) is 2.51. The van der Waals surface area contributed by atoms with E-state index in [0.717, 1.165) is 12.1 Å². The predicted octanol–water partition coefficient (Wildman–Crippen LogP) is 5.06. The maximum atomic E-state index is 13.0. The van der Waals surface area contributed by atoms with Gasteiger partial charge in [0.25, 0.3) is 0 Å². The minimum absolute atomic E-state index is 0.0734. The molecular weight excluding hydrogens is 413 g/mol. The molecule has 1 N–H and O–H groups in total. The van der Waals surface area contributed by atoms with E-state index in [1.807, 2.05) is 13.0 Å². The van der Waals surface area contributed by atoms with Crippen LogP contribution < -0.4 is 19.5 Å². The Morgan fingerprint density at radius 2 is 1.87 bits per heavy atom. The van der Waals surface area contributed by atoms with Crippen LogP contribution in [0.15, 0.2) is 42.5 Å². The third kappa shape index (κ3) is 6.96. The van der Waals surface area contributed by atoms with Gasteiger partial charge in [0.15, 0.2) is 18.1 Å². The summed E-state index contributed by atoms with van der Waals surface area (Å²) in [6, 6.07) is 9.58. The van der Waals surface area contributed by atoms with Gasteiger partial charge in [0, 0.05) is 6.08 Å². The van der Waals surface area contributed by atoms with E-state index in [1.54, 1.807) is 18.2 Å². The Morgan fingerprint density at radius 3 is 2.52 bits per heavy atom. The summed E-state index contributed by atoms with van der Waals surface area (Å²) in [5.74, 6) is 0.250. The number of alkyl halides is 3. The minimum atomic E-state index is -4.55. The van der Waals surface area contributed by atoms with Crippen molar-refractivity contribution in [2.45, 2.75) is 19.5 Å². The van der Waals surface area contributed by atoms with Gasteiger partial charge in [0.2, 0.25) is 5.91 Å². The molecule has 0 saturated heterocycles. The molecule has 0 aromatic heterocycles. The summed E-state index contributed by atoms with van der Waals surface area (Å²) < 4.78 is 54.9. The molecule has 0 radical (unpaired) electrons. The van der Waals surface area contributed by atoms with Crippen LogP contribution in [-0.2, 0) is 11.0 Å². The van der Waals surface area contributed by atoms with Gasteiger partial charge in [-0.3, -0.25) is 4.79 Å². The van der Waals surface area contributed by atoms with Gasteiger partial charge in [0.05, 0.1) is 25.0 Å². The van der Waals surface area contributed by atoms with Gasteiger partial charge in [-0.05, 0) is 48.4 Å². The number of anilines is 1. The molecule has 164 valence electrons. The monoisotopic (exact) mass is 434 g/mol. The lowest BCUT2D eigenvalue weighted by atomic mass is 10.1. The Balaban J connectivity index is 2.19. The molecule has 0 heterocycles. The summed E-state index contributed by atoms with van der Waals surface area (Å²) in [7, 11) is 1.43. The number of rotatable bonds is 9. The van der Waals surface area contributed by atoms with E-state index >= 15 is 0 Å². The molecule has 2 aromatic carbocycles. The quantitative estimate of drug-likeness (QED) is 0.558. The Hall–Kier alpha value is -3.67. The average molecular weight is 434 g/mol. The molecule has 2 aromatic rings. The van der Waals surface area contributed by atoms with Gasteiger partial charge >= 0.3 is 6.18 Å². The van der Waals surface area contributed by atoms with Crippen molar-refractivity contribution < 1.29 is 32.2 Å². The number of benzene rings is 2. The number of methoxy groups -OCH3 is 1. The first-order valence-electron chi connectivity index (χ1n) is 9.29. The highest BCUT2D eigenvalue weighted by molar-refractivity contribution is 6.02. The van der Waals surface area contributed by atoms with E-state index in [1.165, 1.54) is 25.3 Å². The Morgan fingerprint density at radius 1 is 1.13 bits per heavy atom. The lowest BCUT2D eigenvalue weighted by Crippen LogP contribution is -2.12. The number of carbonyl (C=O) groups excluding carboxylic acids is 1. The van der Waals surface area contributed by atoms with Crippen molar-refractivity contribution in [3.63, 3.8) is 0 Å². The first kappa shape index (κ1) is 23.6. The minimum Gasteiger partial charge on any atom is -0.493 e. The Bertz CT molecular complexity index is 982. The number of halogens is 3. The van der Waals surface area contributed by atoms with Gasteiger partial charge < -0.3 is 19.5 Å². The second-order valence-electron chi connectivity index (χ2n) is 6.24. The van der Waals surface area contributed by atoms with Crippen molar-refractivity contribution in [3.05, 3.63) is 53.6 Å². The third-order valence-electron chi connectivity index (χ3n) is 3.93. The van der Waals surface area contributed by atoms with Crippen LogP contribution >= 0.6 is 0 Å². The van der Waals surface area contributed by atoms with Crippen molar-refractivity contribution in [3.8, 4) is 23.3 Å². The Kier molecular flexibility index (Phi) is 8.32. The van der Waals surface area contributed by atoms with E-state index in [4.69, 9.17) is 19.5 Å². The molecule has 9 heteroatoms. The summed E-state index contributed by atoms with van der Waals surface area (Å²) in [4.78, 5) is 12.3. The molecule has 0 aliphatic heterocycles. The highest BCUT2D eigenvalue weighted by atomic mass is 19.4. The molecule has 0 spiro atoms. The van der Waals surface area contributed by atoms with Gasteiger partial charge in [-0.15, -0.1) is 0 Å². The van der Waals surface area contributed by atoms with E-state index < -0.39 is 17.6 Å². The van der Waals surface area contributed by atoms with Crippen LogP contribution in [-0.4, -0.2) is 26.2 Å². The van der Waals surface area contributed by atoms with Crippen LogP contribution in [0.25, 0.3) is 6.08 Å². The highest BCUT2D eigenvalue weighted by Crippen LogP contribution is 2.35. The first-order valence-corrected chi connectivity index (χ1v) is 9.29. The zero-order valence-corrected chi connectivity index (χ0v) is 17.0. The average Bonchev–Trinajstić information content (AvgIpc) is 2.74. The lowest BCUT2D eigenvalue weighted by Gasteiger charge is -2.14. The molecule has 0 fully saturated rings. The van der Waals surface area contributed by atoms with Gasteiger partial charge in [-0.1, -0.05) is 13.0 Å². The third-order valence-corrected chi connectivity index (χ3v) is 3.93. The number of hydrogen-bond acceptors (Lipinski definition) is 5. The van der Waals surface area contributed by atoms with Crippen LogP contribution in [0.2, 0.25) is 0 Å². The molecule has 0 aliphatic rings. The molecule has 1 amide bonds. The van der Waals surface area contributed by atoms with Crippen LogP contribution in [0.5, 0.6) is 17.2 Å². The van der Waals surface area contributed by atoms with E-state index in [-0.39, 0.29) is 18.0 Å². The standard InChI is InChI=1S/C22H21F3N2O4/c1-3-11-30-18-8-6-16(22(23,24)25)14-17(18)27-21(28)9-5-15-4-7-19(31-12-10-26)20(13-15)29-2/h4-9,13-14H,3,11-12H2,1-2H3,(H,27,28)/b9-5+. The van der Waals surface area contributed by atoms with E-state index in [2.05, 4.69) is 5.32 Å². The second-order valence-corrected chi connectivity index (χ2v) is 6.24. The zero-order valence-electron chi connectivity index (χ0n) is 17.0. The topological polar surface area (TPSA) is 80.6 Å². The largest absolute Gasteiger partial charge is 0.493 e. The molecule has 6 nitrogen and oxygen atoms in total. The number of carbonyl (C=O) groups is 1. The lowest BCUT2D eigenvalue weighted by molar-refractivity contribution is -0.137. The van der Waals surface area contributed by atoms with Crippen LogP contribution in [0.1, 0.15) is 24.5 Å². The molecule has 0 aliphatic carbocycles. The molecule has 31 heavy (non-hydrogen) atoms. The van der Waals surface area contributed by atoms with Crippen molar-refractivity contribution in [1.82, 2.24) is 0 Å². The maximum Gasteiger partial charge on any atom is 0.416 e. The highest BCUT2D eigenvalue weighted by Gasteiger charge is 2.31. The molecule has 0 unspecified atom stereocenters. The van der Waals surface area contributed by atoms with Crippen molar-refractivity contribution in [1.29, 1.82) is 5.26 Å². The molecule has 2 rings (SSSR count). The molecular formula is C22H21F3N2O4. The summed E-state index contributed by atoms with van der Waals surface area (Å²) in [5.41, 5.74) is -0.383. The molecule has 0 bridgehead atoms. The first-order chi connectivity index (χ1) is 14.8. The van der Waals surface area contributed by atoms with Crippen LogP contribution in [0.3, 0.4) is 0 Å². The van der Waals surface area contributed by atoms with Crippen molar-refractivity contribution in [2.24, 2.45) is 0 Å². The molecule has 0 atom stereocenters. The summed E-state index contributed by atoms with van der Waals surface area (Å²) in [5, 5.41) is 11.0. The van der Waals surface area contributed by atoms with Crippen molar-refractivity contribution >= 4 is 17.7 Å². The second kappa shape index (κ2) is 10.9. The Labute approximate surface area is 177 Å². The van der Waals surface area contributed by atoms with Gasteiger partial charge in [-0.2, -0.15) is 18.4 Å². The summed E-state index contributed by atoms with van der Waals surface area (Å²) >= 11 is 0. The smallest absolute Gasteiger partial charge is 0.416 e. The van der Waals surface area contributed by atoms with Crippen LogP contribution in [0, 0.1) is 11.3 Å². The van der Waals surface area contributed by atoms with Crippen molar-refractivity contribution in [2.75, 3.05) is 25.6 Å². The van der Waals surface area contributed by atoms with Gasteiger partial charge in [0.1, 0.15) is 11.8 Å². The summed E-state index contributed by atoms with van der Waals surface area (Å²) in [6.07, 6.45) is -1.25. The maximum absolute atomic E-state index is 13.0. The van der Waals surface area contributed by atoms with E-state index in [9.17, 15) is 18.0 Å². The number of hydrogen-bond donors (Lipinski definition) is 1. The van der Waals surface area contributed by atoms with E-state index in [0.29, 0.717) is 30.1 Å². The summed E-state index contributed by atoms with van der Waals surface area (Å²) in [6.45, 7) is 2.01. The normalized spacial score (nSPS) is 11.1. The number of nitriles is 1. The van der Waals surface area contributed by atoms with Gasteiger partial charge in [-0.25, -0.2) is 0 Å². The zero-order chi connectivity index (χ0) is 22.9. The number of nitrogens with zero attached hydrogens (tertiary/aromatic N) is 1.